The van der Waals surface area contributed by atoms with Crippen molar-refractivity contribution in [3.05, 3.63) is 70.0 Å². The molecule has 0 saturated heterocycles. The van der Waals surface area contributed by atoms with E-state index in [2.05, 4.69) is 12.2 Å². The molecule has 0 radical (unpaired) electrons. The number of nitrogens with one attached hydrogen (secondary N) is 1. The lowest BCUT2D eigenvalue weighted by molar-refractivity contribution is -0.153. The zero-order chi connectivity index (χ0) is 30.0. The summed E-state index contributed by atoms with van der Waals surface area (Å²) in [5, 5.41) is 48.2. The number of benzene rings is 2. The average molecular weight is 562 g/mol. The maximum Gasteiger partial charge on any atom is 0.255 e. The van der Waals surface area contributed by atoms with Gasteiger partial charge in [0.05, 0.1) is 11.6 Å². The van der Waals surface area contributed by atoms with Gasteiger partial charge in [-0.3, -0.25) is 19.3 Å². The van der Waals surface area contributed by atoms with Gasteiger partial charge in [0.2, 0.25) is 5.78 Å². The summed E-state index contributed by atoms with van der Waals surface area (Å²) in [7, 11) is 5.06. The van der Waals surface area contributed by atoms with Crippen LogP contribution in [0.2, 0.25) is 0 Å². The van der Waals surface area contributed by atoms with E-state index in [1.807, 2.05) is 31.3 Å². The predicted octanol–water partition coefficient (Wildman–Crippen LogP) is 1.78. The topological polar surface area (TPSA) is 173 Å². The van der Waals surface area contributed by atoms with E-state index >= 15 is 0 Å². The zero-order valence-corrected chi connectivity index (χ0v) is 23.4. The fraction of sp³-hybridized carbons (Fsp3) is 0.387. The molecule has 41 heavy (non-hydrogen) atoms. The van der Waals surface area contributed by atoms with Crippen LogP contribution in [0, 0.1) is 11.8 Å². The highest BCUT2D eigenvalue weighted by atomic mass is 16.3. The minimum atomic E-state index is -2.65. The van der Waals surface area contributed by atoms with Crippen LogP contribution in [0.4, 0.5) is 0 Å². The van der Waals surface area contributed by atoms with E-state index in [9.17, 15) is 34.8 Å². The molecule has 0 heterocycles. The molecule has 10 nitrogen and oxygen atoms in total. The summed E-state index contributed by atoms with van der Waals surface area (Å²) >= 11 is 0. The molecule has 7 N–H and O–H groups in total. The number of aliphatic hydroxyl groups is 3. The minimum Gasteiger partial charge on any atom is -0.508 e. The number of ketones is 2. The van der Waals surface area contributed by atoms with Crippen molar-refractivity contribution < 1.29 is 34.8 Å². The van der Waals surface area contributed by atoms with Gasteiger partial charge >= 0.3 is 0 Å². The standard InChI is InChI=1S/C31H35N3O7/c1-14(33-2)11-15-5-7-16(8-6-15)18-9-10-21(35)23-19(18)12-17-13-20-25(34(3)4)27(37)24(30(32)40)29(39)31(20,41)28(38)22(17)26(23)36/h5-10,14,17,20,25,33,35-36,39,41H,11-13H2,1-4H3,(H2,32,40). The van der Waals surface area contributed by atoms with Crippen molar-refractivity contribution >= 4 is 23.2 Å². The summed E-state index contributed by atoms with van der Waals surface area (Å²) < 4.78 is 0. The van der Waals surface area contributed by atoms with E-state index < -0.39 is 58.0 Å². The quantitative estimate of drug-likeness (QED) is 0.287. The lowest BCUT2D eigenvalue weighted by Gasteiger charge is -2.50. The van der Waals surface area contributed by atoms with Crippen molar-refractivity contribution in [1.29, 1.82) is 0 Å². The van der Waals surface area contributed by atoms with Crippen molar-refractivity contribution in [2.24, 2.45) is 17.6 Å². The number of Topliss-reactive ketones (excluding diaryl/α,β-unsaturated/α-hetero) is 2. The number of nitrogens with zero attached hydrogens (tertiary/aromatic N) is 1. The van der Waals surface area contributed by atoms with Crippen LogP contribution in [0.5, 0.6) is 5.75 Å². The van der Waals surface area contributed by atoms with Gasteiger partial charge in [0.25, 0.3) is 5.91 Å². The molecule has 0 aliphatic heterocycles. The summed E-state index contributed by atoms with van der Waals surface area (Å²) in [5.41, 5.74) is 5.21. The molecule has 1 saturated carbocycles. The molecule has 0 bridgehead atoms. The summed E-state index contributed by atoms with van der Waals surface area (Å²) in [4.78, 5) is 40.9. The molecule has 3 aliphatic carbocycles. The third-order valence-corrected chi connectivity index (χ3v) is 8.90. The molecule has 216 valence electrons. The zero-order valence-electron chi connectivity index (χ0n) is 23.4. The number of primary amides is 1. The van der Waals surface area contributed by atoms with Gasteiger partial charge < -0.3 is 31.5 Å². The molecule has 5 atom stereocenters. The predicted molar refractivity (Wildman–Crippen MR) is 152 cm³/mol. The third-order valence-electron chi connectivity index (χ3n) is 8.90. The Morgan fingerprint density at radius 1 is 1.12 bits per heavy atom. The number of fused-ring (bicyclic) bond motifs is 3. The Kier molecular flexibility index (Phi) is 7.05. The fourth-order valence-corrected chi connectivity index (χ4v) is 6.79. The second-order valence-electron chi connectivity index (χ2n) is 11.5. The van der Waals surface area contributed by atoms with Crippen LogP contribution in [-0.4, -0.2) is 81.6 Å². The number of nitrogens with two attached hydrogens (primary N) is 1. The summed E-state index contributed by atoms with van der Waals surface area (Å²) in [5.74, 6) is -6.64. The number of phenols is 1. The summed E-state index contributed by atoms with van der Waals surface area (Å²) in [6.45, 7) is 2.09. The highest BCUT2D eigenvalue weighted by Crippen LogP contribution is 2.53. The van der Waals surface area contributed by atoms with Gasteiger partial charge in [-0.05, 0) is 81.6 Å². The number of amides is 1. The molecule has 3 aliphatic rings. The maximum atomic E-state index is 14.0. The lowest BCUT2D eigenvalue weighted by Crippen LogP contribution is -2.65. The van der Waals surface area contributed by atoms with E-state index in [1.54, 1.807) is 20.2 Å². The van der Waals surface area contributed by atoms with E-state index in [4.69, 9.17) is 5.73 Å². The summed E-state index contributed by atoms with van der Waals surface area (Å²) in [6, 6.07) is 10.4. The smallest absolute Gasteiger partial charge is 0.255 e. The second kappa shape index (κ2) is 10.1. The molecule has 10 heteroatoms. The van der Waals surface area contributed by atoms with Crippen LogP contribution in [0.15, 0.2) is 53.3 Å². The Balaban J connectivity index is 1.65. The Hall–Kier alpha value is -3.99. The third kappa shape index (κ3) is 4.25. The van der Waals surface area contributed by atoms with Gasteiger partial charge in [-0.15, -0.1) is 0 Å². The molecule has 1 fully saturated rings. The largest absolute Gasteiger partial charge is 0.508 e. The molecule has 5 unspecified atom stereocenters. The number of carbonyl (C=O) groups is 3. The average Bonchev–Trinajstić information content (AvgIpc) is 2.91. The number of rotatable bonds is 6. The highest BCUT2D eigenvalue weighted by molar-refractivity contribution is 6.24. The number of hydrogen-bond donors (Lipinski definition) is 6. The van der Waals surface area contributed by atoms with Gasteiger partial charge in [-0.2, -0.15) is 0 Å². The molecular formula is C31H35N3O7. The van der Waals surface area contributed by atoms with Gasteiger partial charge in [0.15, 0.2) is 11.4 Å². The van der Waals surface area contributed by atoms with Crippen LogP contribution in [0.3, 0.4) is 0 Å². The molecule has 2 aromatic carbocycles. The van der Waals surface area contributed by atoms with Crippen molar-refractivity contribution in [1.82, 2.24) is 10.2 Å². The van der Waals surface area contributed by atoms with Gasteiger partial charge in [0, 0.05) is 17.5 Å². The number of hydrogen-bond acceptors (Lipinski definition) is 9. The number of aromatic hydroxyl groups is 1. The lowest BCUT2D eigenvalue weighted by atomic mass is 9.57. The molecule has 2 aromatic rings. The Morgan fingerprint density at radius 3 is 2.37 bits per heavy atom. The van der Waals surface area contributed by atoms with Crippen LogP contribution in [0.25, 0.3) is 16.9 Å². The first-order valence-electron chi connectivity index (χ1n) is 13.6. The van der Waals surface area contributed by atoms with Crippen molar-refractivity contribution in [2.75, 3.05) is 21.1 Å². The number of carbonyl (C=O) groups excluding carboxylic acids is 3. The molecule has 0 aromatic heterocycles. The maximum absolute atomic E-state index is 14.0. The van der Waals surface area contributed by atoms with Gasteiger partial charge in [0.1, 0.15) is 22.8 Å². The minimum absolute atomic E-state index is 0.0434. The molecular weight excluding hydrogens is 526 g/mol. The molecule has 0 spiro atoms. The van der Waals surface area contributed by atoms with Crippen LogP contribution in [0.1, 0.15) is 30.0 Å². The first kappa shape index (κ1) is 28.5. The van der Waals surface area contributed by atoms with E-state index in [0.29, 0.717) is 11.6 Å². The highest BCUT2D eigenvalue weighted by Gasteiger charge is 2.64. The van der Waals surface area contributed by atoms with E-state index in [0.717, 1.165) is 23.1 Å². The van der Waals surface area contributed by atoms with Crippen LogP contribution < -0.4 is 11.1 Å². The fourth-order valence-electron chi connectivity index (χ4n) is 6.79. The van der Waals surface area contributed by atoms with Crippen molar-refractivity contribution in [2.45, 2.75) is 43.9 Å². The van der Waals surface area contributed by atoms with Crippen molar-refractivity contribution in [3.8, 4) is 16.9 Å². The SMILES string of the molecule is CNC(C)Cc1ccc(-c2ccc(O)c3c2CC2CC4C(N(C)C)C(=O)C(C(N)=O)=C(O)C4(O)C(=O)C2=C3O)cc1. The normalized spacial score (nSPS) is 26.5. The Morgan fingerprint density at radius 2 is 1.78 bits per heavy atom. The summed E-state index contributed by atoms with van der Waals surface area (Å²) in [6.07, 6.45) is 1.12. The Labute approximate surface area is 237 Å². The van der Waals surface area contributed by atoms with Crippen LogP contribution >= 0.6 is 0 Å². The Bertz CT molecular complexity index is 1520. The number of aliphatic hydroxyl groups excluding tert-OH is 2. The number of likely N-dealkylation sites (N-methyl/N-ethyl adjacent to an activating group) is 2. The first-order chi connectivity index (χ1) is 19.3. The van der Waals surface area contributed by atoms with Crippen molar-refractivity contribution in [3.63, 3.8) is 0 Å². The first-order valence-corrected chi connectivity index (χ1v) is 13.6. The number of phenolic OH excluding ortho intramolecular Hbond substituents is 1. The van der Waals surface area contributed by atoms with Gasteiger partial charge in [-0.1, -0.05) is 30.3 Å². The van der Waals surface area contributed by atoms with E-state index in [1.165, 1.54) is 11.0 Å². The van der Waals surface area contributed by atoms with Crippen LogP contribution in [-0.2, 0) is 27.2 Å². The van der Waals surface area contributed by atoms with E-state index in [-0.39, 0.29) is 29.7 Å². The second-order valence-corrected chi connectivity index (χ2v) is 11.5. The monoisotopic (exact) mass is 561 g/mol. The molecule has 5 rings (SSSR count). The molecule has 1 amide bonds. The van der Waals surface area contributed by atoms with Gasteiger partial charge in [-0.25, -0.2) is 0 Å².